The highest BCUT2D eigenvalue weighted by atomic mass is 16.4. The first kappa shape index (κ1) is 12.0. The Labute approximate surface area is 111 Å². The van der Waals surface area contributed by atoms with E-state index in [4.69, 9.17) is 5.11 Å². The maximum Gasteiger partial charge on any atom is 0.408 e. The first-order valence-corrected chi connectivity index (χ1v) is 6.34. The van der Waals surface area contributed by atoms with Crippen molar-refractivity contribution in [2.75, 3.05) is 13.1 Å². The third kappa shape index (κ3) is 1.85. The fourth-order valence-corrected chi connectivity index (χ4v) is 3.22. The molecule has 0 aromatic heterocycles. The van der Waals surface area contributed by atoms with Crippen molar-refractivity contribution < 1.29 is 9.90 Å². The van der Waals surface area contributed by atoms with Gasteiger partial charge in [-0.25, -0.2) is 4.79 Å². The molecule has 98 valence electrons. The summed E-state index contributed by atoms with van der Waals surface area (Å²) in [5, 5.41) is 18.5. The SMILES string of the molecule is N#CC12CC(CN1C(=O)O)N(Cc1ccccc1)C2. The molecule has 1 N–H and O–H groups in total. The van der Waals surface area contributed by atoms with Gasteiger partial charge < -0.3 is 5.11 Å². The number of hydrogen-bond donors (Lipinski definition) is 1. The third-order valence-corrected chi connectivity index (χ3v) is 4.13. The molecule has 0 spiro atoms. The van der Waals surface area contributed by atoms with Crippen LogP contribution in [0.25, 0.3) is 0 Å². The average Bonchev–Trinajstić information content (AvgIpc) is 2.95. The standard InChI is InChI=1S/C14H15N3O2/c15-9-14-6-12(8-17(14)13(18)19)16(10-14)7-11-4-2-1-3-5-11/h1-5,12H,6-8,10H2,(H,18,19). The summed E-state index contributed by atoms with van der Waals surface area (Å²) in [6, 6.07) is 12.5. The summed E-state index contributed by atoms with van der Waals surface area (Å²) in [5.74, 6) is 0. The van der Waals surface area contributed by atoms with Gasteiger partial charge in [0.2, 0.25) is 0 Å². The van der Waals surface area contributed by atoms with Gasteiger partial charge in [-0.1, -0.05) is 30.3 Å². The summed E-state index contributed by atoms with van der Waals surface area (Å²) in [6.45, 7) is 1.73. The molecule has 2 aliphatic rings. The Morgan fingerprint density at radius 3 is 2.84 bits per heavy atom. The zero-order valence-electron chi connectivity index (χ0n) is 10.5. The van der Waals surface area contributed by atoms with Crippen LogP contribution in [0.5, 0.6) is 0 Å². The number of benzene rings is 1. The van der Waals surface area contributed by atoms with Gasteiger partial charge in [0.1, 0.15) is 5.54 Å². The van der Waals surface area contributed by atoms with E-state index in [0.717, 1.165) is 6.54 Å². The van der Waals surface area contributed by atoms with Crippen LogP contribution in [0.3, 0.4) is 0 Å². The minimum absolute atomic E-state index is 0.163. The van der Waals surface area contributed by atoms with E-state index in [1.54, 1.807) is 0 Å². The van der Waals surface area contributed by atoms with Gasteiger partial charge in [-0.05, 0) is 5.56 Å². The number of carboxylic acid groups (broad SMARTS) is 1. The monoisotopic (exact) mass is 257 g/mol. The maximum atomic E-state index is 11.2. The number of nitriles is 1. The molecule has 2 unspecified atom stereocenters. The van der Waals surface area contributed by atoms with Crippen LogP contribution in [0.4, 0.5) is 4.79 Å². The van der Waals surface area contributed by atoms with Gasteiger partial charge in [-0.15, -0.1) is 0 Å². The molecule has 0 aliphatic carbocycles. The molecule has 5 heteroatoms. The van der Waals surface area contributed by atoms with E-state index in [1.165, 1.54) is 10.5 Å². The van der Waals surface area contributed by atoms with Crippen molar-refractivity contribution in [1.29, 1.82) is 5.26 Å². The third-order valence-electron chi connectivity index (χ3n) is 4.13. The summed E-state index contributed by atoms with van der Waals surface area (Å²) in [4.78, 5) is 14.7. The predicted octanol–water partition coefficient (Wildman–Crippen LogP) is 1.52. The minimum Gasteiger partial charge on any atom is -0.465 e. The number of hydrogen-bond acceptors (Lipinski definition) is 3. The second-order valence-corrected chi connectivity index (χ2v) is 5.29. The largest absolute Gasteiger partial charge is 0.465 e. The number of piperazine rings is 1. The van der Waals surface area contributed by atoms with Gasteiger partial charge in [0, 0.05) is 32.1 Å². The zero-order chi connectivity index (χ0) is 13.5. The molecule has 5 nitrogen and oxygen atoms in total. The highest BCUT2D eigenvalue weighted by Gasteiger charge is 2.57. The van der Waals surface area contributed by atoms with Crippen LogP contribution in [0.15, 0.2) is 30.3 Å². The van der Waals surface area contributed by atoms with E-state index in [1.807, 2.05) is 18.2 Å². The van der Waals surface area contributed by atoms with Gasteiger partial charge in [0.15, 0.2) is 0 Å². The molecular formula is C14H15N3O2. The number of rotatable bonds is 2. The van der Waals surface area contributed by atoms with Crippen LogP contribution in [0, 0.1) is 11.3 Å². The van der Waals surface area contributed by atoms with Gasteiger partial charge >= 0.3 is 6.09 Å². The summed E-state index contributed by atoms with van der Waals surface area (Å²) in [7, 11) is 0. The highest BCUT2D eigenvalue weighted by Crippen LogP contribution is 2.40. The molecule has 3 rings (SSSR count). The second-order valence-electron chi connectivity index (χ2n) is 5.29. The van der Waals surface area contributed by atoms with Crippen molar-refractivity contribution >= 4 is 6.09 Å². The van der Waals surface area contributed by atoms with Crippen molar-refractivity contribution in [1.82, 2.24) is 9.80 Å². The van der Waals surface area contributed by atoms with E-state index in [9.17, 15) is 10.1 Å². The fraction of sp³-hybridized carbons (Fsp3) is 0.429. The number of fused-ring (bicyclic) bond motifs is 2. The van der Waals surface area contributed by atoms with Crippen LogP contribution < -0.4 is 0 Å². The van der Waals surface area contributed by atoms with E-state index in [0.29, 0.717) is 19.5 Å². The summed E-state index contributed by atoms with van der Waals surface area (Å²) in [5.41, 5.74) is 0.357. The van der Waals surface area contributed by atoms with E-state index >= 15 is 0 Å². The molecule has 2 fully saturated rings. The van der Waals surface area contributed by atoms with Crippen molar-refractivity contribution in [2.24, 2.45) is 0 Å². The molecular weight excluding hydrogens is 242 g/mol. The molecule has 19 heavy (non-hydrogen) atoms. The molecule has 0 radical (unpaired) electrons. The maximum absolute atomic E-state index is 11.2. The normalized spacial score (nSPS) is 29.4. The summed E-state index contributed by atoms with van der Waals surface area (Å²) in [6.07, 6.45) is -0.355. The van der Waals surface area contributed by atoms with Crippen molar-refractivity contribution in [3.63, 3.8) is 0 Å². The smallest absolute Gasteiger partial charge is 0.408 e. The zero-order valence-corrected chi connectivity index (χ0v) is 10.5. The molecule has 2 bridgehead atoms. The molecule has 2 saturated heterocycles. The van der Waals surface area contributed by atoms with Crippen LogP contribution in [0.2, 0.25) is 0 Å². The van der Waals surface area contributed by atoms with Crippen LogP contribution >= 0.6 is 0 Å². The Morgan fingerprint density at radius 2 is 2.21 bits per heavy atom. The lowest BCUT2D eigenvalue weighted by Crippen LogP contribution is -2.54. The lowest BCUT2D eigenvalue weighted by molar-refractivity contribution is 0.0798. The Kier molecular flexibility index (Phi) is 2.68. The van der Waals surface area contributed by atoms with Crippen molar-refractivity contribution in [2.45, 2.75) is 24.5 Å². The van der Waals surface area contributed by atoms with Crippen LogP contribution in [-0.2, 0) is 6.54 Å². The average molecular weight is 257 g/mol. The summed E-state index contributed by atoms with van der Waals surface area (Å²) < 4.78 is 0. The van der Waals surface area contributed by atoms with Crippen molar-refractivity contribution in [3.05, 3.63) is 35.9 Å². The number of amides is 1. The van der Waals surface area contributed by atoms with E-state index < -0.39 is 11.6 Å². The predicted molar refractivity (Wildman–Crippen MR) is 68.3 cm³/mol. The molecule has 2 aliphatic heterocycles. The molecule has 2 atom stereocenters. The van der Waals surface area contributed by atoms with Crippen molar-refractivity contribution in [3.8, 4) is 6.07 Å². The van der Waals surface area contributed by atoms with Crippen LogP contribution in [0.1, 0.15) is 12.0 Å². The van der Waals surface area contributed by atoms with E-state index in [2.05, 4.69) is 23.1 Å². The molecule has 1 aromatic rings. The first-order chi connectivity index (χ1) is 9.14. The molecule has 0 saturated carbocycles. The number of nitrogens with zero attached hydrogens (tertiary/aromatic N) is 3. The van der Waals surface area contributed by atoms with Gasteiger partial charge in [-0.3, -0.25) is 9.80 Å². The van der Waals surface area contributed by atoms with Gasteiger partial charge in [-0.2, -0.15) is 5.26 Å². The second kappa shape index (κ2) is 4.25. The first-order valence-electron chi connectivity index (χ1n) is 6.34. The fourth-order valence-electron chi connectivity index (χ4n) is 3.22. The number of likely N-dealkylation sites (tertiary alicyclic amines) is 2. The topological polar surface area (TPSA) is 67.6 Å². The highest BCUT2D eigenvalue weighted by molar-refractivity contribution is 5.68. The molecule has 2 heterocycles. The van der Waals surface area contributed by atoms with Gasteiger partial charge in [0.05, 0.1) is 6.07 Å². The summed E-state index contributed by atoms with van der Waals surface area (Å²) >= 11 is 0. The lowest BCUT2D eigenvalue weighted by atomic mass is 10.0. The van der Waals surface area contributed by atoms with E-state index in [-0.39, 0.29) is 6.04 Å². The van der Waals surface area contributed by atoms with Crippen LogP contribution in [-0.4, -0.2) is 45.7 Å². The Hall–Kier alpha value is -2.06. The molecule has 1 amide bonds. The quantitative estimate of drug-likeness (QED) is 0.872. The minimum atomic E-state index is -0.983. The van der Waals surface area contributed by atoms with Gasteiger partial charge in [0.25, 0.3) is 0 Å². The Balaban J connectivity index is 1.77. The lowest BCUT2D eigenvalue weighted by Gasteiger charge is -2.36. The Morgan fingerprint density at radius 1 is 1.47 bits per heavy atom. The molecule has 1 aromatic carbocycles. The Bertz CT molecular complexity index is 539. The number of carbonyl (C=O) groups is 1.